The van der Waals surface area contributed by atoms with Gasteiger partial charge in [0.15, 0.2) is 5.13 Å². The monoisotopic (exact) mass is 263 g/mol. The lowest BCUT2D eigenvalue weighted by molar-refractivity contribution is -0.380. The molecule has 0 saturated heterocycles. The second-order valence-corrected chi connectivity index (χ2v) is 4.48. The fraction of sp³-hybridized carbons (Fsp3) is 0.0909. The molecule has 6 nitrogen and oxygen atoms in total. The molecule has 0 bridgehead atoms. The van der Waals surface area contributed by atoms with Crippen molar-refractivity contribution >= 4 is 27.4 Å². The van der Waals surface area contributed by atoms with Crippen molar-refractivity contribution in [2.45, 2.75) is 6.42 Å². The van der Waals surface area contributed by atoms with Crippen molar-refractivity contribution < 1.29 is 9.72 Å². The summed E-state index contributed by atoms with van der Waals surface area (Å²) in [6.45, 7) is 0. The summed E-state index contributed by atoms with van der Waals surface area (Å²) in [6, 6.07) is 9.23. The molecule has 0 unspecified atom stereocenters. The highest BCUT2D eigenvalue weighted by Crippen LogP contribution is 2.24. The normalized spacial score (nSPS) is 10.0. The van der Waals surface area contributed by atoms with Crippen LogP contribution in [0, 0.1) is 10.1 Å². The number of nitro groups is 1. The van der Waals surface area contributed by atoms with E-state index in [2.05, 4.69) is 10.3 Å². The molecule has 0 fully saturated rings. The van der Waals surface area contributed by atoms with Crippen molar-refractivity contribution in [3.63, 3.8) is 0 Å². The minimum atomic E-state index is -0.537. The zero-order chi connectivity index (χ0) is 13.0. The maximum Gasteiger partial charge on any atom is 0.345 e. The molecule has 18 heavy (non-hydrogen) atoms. The molecule has 0 spiro atoms. The van der Waals surface area contributed by atoms with E-state index in [1.54, 1.807) is 0 Å². The number of hydrogen-bond acceptors (Lipinski definition) is 5. The minimum Gasteiger partial charge on any atom is -0.302 e. The zero-order valence-electron chi connectivity index (χ0n) is 9.20. The van der Waals surface area contributed by atoms with E-state index in [1.807, 2.05) is 30.3 Å². The second kappa shape index (κ2) is 5.37. The largest absolute Gasteiger partial charge is 0.345 e. The van der Waals surface area contributed by atoms with Crippen molar-refractivity contribution in [3.8, 4) is 0 Å². The highest BCUT2D eigenvalue weighted by atomic mass is 32.1. The summed E-state index contributed by atoms with van der Waals surface area (Å²) in [7, 11) is 0. The molecule has 0 aliphatic heterocycles. The number of aromatic nitrogens is 1. The number of carbonyl (C=O) groups is 1. The highest BCUT2D eigenvalue weighted by Gasteiger charge is 2.13. The number of carbonyl (C=O) groups excluding carboxylic acids is 1. The predicted octanol–water partition coefficient (Wildman–Crippen LogP) is 2.23. The molecule has 2 aromatic rings. The molecule has 0 radical (unpaired) electrons. The first-order valence-corrected chi connectivity index (χ1v) is 5.91. The van der Waals surface area contributed by atoms with Gasteiger partial charge in [-0.05, 0) is 16.9 Å². The summed E-state index contributed by atoms with van der Waals surface area (Å²) in [6.07, 6.45) is 1.34. The third kappa shape index (κ3) is 3.11. The first kappa shape index (κ1) is 12.2. The Morgan fingerprint density at radius 1 is 1.39 bits per heavy atom. The Balaban J connectivity index is 1.97. The van der Waals surface area contributed by atoms with Gasteiger partial charge in [-0.1, -0.05) is 30.3 Å². The maximum atomic E-state index is 11.6. The Morgan fingerprint density at radius 2 is 2.11 bits per heavy atom. The van der Waals surface area contributed by atoms with Crippen LogP contribution in [-0.4, -0.2) is 15.8 Å². The van der Waals surface area contributed by atoms with E-state index < -0.39 is 4.92 Å². The van der Waals surface area contributed by atoms with Crippen LogP contribution in [-0.2, 0) is 11.2 Å². The van der Waals surface area contributed by atoms with E-state index >= 15 is 0 Å². The Morgan fingerprint density at radius 3 is 2.72 bits per heavy atom. The van der Waals surface area contributed by atoms with Crippen molar-refractivity contribution in [3.05, 3.63) is 52.2 Å². The molecule has 1 amide bonds. The maximum absolute atomic E-state index is 11.6. The van der Waals surface area contributed by atoms with Gasteiger partial charge < -0.3 is 5.32 Å². The van der Waals surface area contributed by atoms with E-state index in [0.29, 0.717) is 0 Å². The smallest absolute Gasteiger partial charge is 0.302 e. The fourth-order valence-corrected chi connectivity index (χ4v) is 2.00. The summed E-state index contributed by atoms with van der Waals surface area (Å²) in [5, 5.41) is 13.1. The van der Waals surface area contributed by atoms with Crippen LogP contribution in [0.2, 0.25) is 0 Å². The molecule has 0 aliphatic carbocycles. The molecule has 0 aliphatic rings. The molecule has 92 valence electrons. The summed E-state index contributed by atoms with van der Waals surface area (Å²) in [5.41, 5.74) is 0.876. The van der Waals surface area contributed by atoms with E-state index in [0.717, 1.165) is 23.1 Å². The molecule has 0 saturated carbocycles. The van der Waals surface area contributed by atoms with Gasteiger partial charge in [-0.15, -0.1) is 0 Å². The van der Waals surface area contributed by atoms with E-state index in [-0.39, 0.29) is 22.5 Å². The standard InChI is InChI=1S/C11H9N3O3S/c15-9(6-8-4-2-1-3-5-8)13-11-12-7-10(18-11)14(16)17/h1-5,7H,6H2,(H,12,13,15). The van der Waals surface area contributed by atoms with E-state index in [1.165, 1.54) is 0 Å². The number of nitrogens with zero attached hydrogens (tertiary/aromatic N) is 2. The lowest BCUT2D eigenvalue weighted by Gasteiger charge is -2.00. The lowest BCUT2D eigenvalue weighted by atomic mass is 10.1. The summed E-state index contributed by atoms with van der Waals surface area (Å²) >= 11 is 0.838. The summed E-state index contributed by atoms with van der Waals surface area (Å²) in [5.74, 6) is -0.245. The molecule has 1 aromatic heterocycles. The van der Waals surface area contributed by atoms with Gasteiger partial charge in [0.25, 0.3) is 0 Å². The van der Waals surface area contributed by atoms with Gasteiger partial charge in [-0.25, -0.2) is 4.98 Å². The predicted molar refractivity (Wildman–Crippen MR) is 67.5 cm³/mol. The van der Waals surface area contributed by atoms with Crippen LogP contribution in [0.3, 0.4) is 0 Å². The molecular formula is C11H9N3O3S. The number of anilines is 1. The average Bonchev–Trinajstić information content (AvgIpc) is 2.78. The van der Waals surface area contributed by atoms with Crippen LogP contribution in [0.4, 0.5) is 10.1 Å². The molecule has 2 rings (SSSR count). The van der Waals surface area contributed by atoms with Gasteiger partial charge in [-0.2, -0.15) is 0 Å². The van der Waals surface area contributed by atoms with Crippen molar-refractivity contribution in [1.29, 1.82) is 0 Å². The first-order chi connectivity index (χ1) is 8.65. The number of hydrogen-bond donors (Lipinski definition) is 1. The highest BCUT2D eigenvalue weighted by molar-refractivity contribution is 7.18. The number of amides is 1. The number of nitrogens with one attached hydrogen (secondary N) is 1. The van der Waals surface area contributed by atoms with Gasteiger partial charge in [0, 0.05) is 0 Å². The second-order valence-electron chi connectivity index (χ2n) is 3.47. The Kier molecular flexibility index (Phi) is 3.63. The summed E-state index contributed by atoms with van der Waals surface area (Å²) < 4.78 is 0. The molecular weight excluding hydrogens is 254 g/mol. The van der Waals surface area contributed by atoms with Crippen LogP contribution in [0.25, 0.3) is 0 Å². The van der Waals surface area contributed by atoms with Crippen LogP contribution in [0.1, 0.15) is 5.56 Å². The van der Waals surface area contributed by atoms with Gasteiger partial charge in [0.1, 0.15) is 6.20 Å². The van der Waals surface area contributed by atoms with Crippen molar-refractivity contribution in [2.75, 3.05) is 5.32 Å². The Hall–Kier alpha value is -2.28. The van der Waals surface area contributed by atoms with Gasteiger partial charge >= 0.3 is 5.00 Å². The summed E-state index contributed by atoms with van der Waals surface area (Å²) in [4.78, 5) is 25.3. The molecule has 1 heterocycles. The van der Waals surface area contributed by atoms with Gasteiger partial charge in [0.05, 0.1) is 11.3 Å². The molecule has 1 N–H and O–H groups in total. The number of rotatable bonds is 4. The third-order valence-corrected chi connectivity index (χ3v) is 2.99. The van der Waals surface area contributed by atoms with Crippen LogP contribution in [0.5, 0.6) is 0 Å². The third-order valence-electron chi connectivity index (χ3n) is 2.13. The zero-order valence-corrected chi connectivity index (χ0v) is 10.0. The number of benzene rings is 1. The topological polar surface area (TPSA) is 85.1 Å². The SMILES string of the molecule is O=C(Cc1ccccc1)Nc1ncc([N+](=O)[O-])s1. The van der Waals surface area contributed by atoms with E-state index in [4.69, 9.17) is 0 Å². The molecule has 1 aromatic carbocycles. The Labute approximate surface area is 106 Å². The fourth-order valence-electron chi connectivity index (χ4n) is 1.35. The lowest BCUT2D eigenvalue weighted by Crippen LogP contribution is -2.13. The molecule has 7 heteroatoms. The van der Waals surface area contributed by atoms with Crippen LogP contribution >= 0.6 is 11.3 Å². The van der Waals surface area contributed by atoms with Crippen molar-refractivity contribution in [2.24, 2.45) is 0 Å². The Bertz CT molecular complexity index is 568. The van der Waals surface area contributed by atoms with Crippen LogP contribution < -0.4 is 5.32 Å². The first-order valence-electron chi connectivity index (χ1n) is 5.09. The molecule has 0 atom stereocenters. The minimum absolute atomic E-state index is 0.0926. The average molecular weight is 263 g/mol. The van der Waals surface area contributed by atoms with Crippen molar-refractivity contribution in [1.82, 2.24) is 4.98 Å². The van der Waals surface area contributed by atoms with Crippen LogP contribution in [0.15, 0.2) is 36.5 Å². The van der Waals surface area contributed by atoms with Gasteiger partial charge in [0.2, 0.25) is 5.91 Å². The van der Waals surface area contributed by atoms with E-state index in [9.17, 15) is 14.9 Å². The number of thiazole rings is 1. The quantitative estimate of drug-likeness (QED) is 0.677. The van der Waals surface area contributed by atoms with Gasteiger partial charge in [-0.3, -0.25) is 14.9 Å².